The van der Waals surface area contributed by atoms with Crippen LogP contribution in [0.3, 0.4) is 0 Å². The number of hydrogen-bond acceptors (Lipinski definition) is 5. The molecule has 0 fully saturated rings. The average Bonchev–Trinajstić information content (AvgIpc) is 2.33. The largest absolute Gasteiger partial charge is 0.492 e. The zero-order valence-corrected chi connectivity index (χ0v) is 10.4. The second kappa shape index (κ2) is 8.86. The van der Waals surface area contributed by atoms with Gasteiger partial charge in [-0.05, 0) is 26.0 Å². The van der Waals surface area contributed by atoms with Crippen LogP contribution in [0.4, 0.5) is 5.69 Å². The standard InChI is InChI=1S/C8H11NO.C4H6O4/c1-2-10-8-6-4-3-5-7(8)9;1-2-8-4(7)3(5)6/h3-6H,2,9H2,1H3;2H2,1H3,(H,5,6). The fraction of sp³-hybridized carbons (Fsp3) is 0.333. The van der Waals surface area contributed by atoms with Crippen LogP contribution in [0.15, 0.2) is 24.3 Å². The van der Waals surface area contributed by atoms with Gasteiger partial charge in [-0.2, -0.15) is 0 Å². The van der Waals surface area contributed by atoms with Gasteiger partial charge in [-0.3, -0.25) is 0 Å². The summed E-state index contributed by atoms with van der Waals surface area (Å²) in [4.78, 5) is 19.5. The van der Waals surface area contributed by atoms with Crippen LogP contribution in [0.5, 0.6) is 5.75 Å². The highest BCUT2D eigenvalue weighted by molar-refractivity contribution is 6.28. The predicted molar refractivity (Wildman–Crippen MR) is 66.3 cm³/mol. The van der Waals surface area contributed by atoms with E-state index in [2.05, 4.69) is 4.74 Å². The molecule has 0 aliphatic heterocycles. The Kier molecular flexibility index (Phi) is 7.76. The van der Waals surface area contributed by atoms with Crippen molar-refractivity contribution in [2.45, 2.75) is 13.8 Å². The number of carbonyl (C=O) groups is 2. The third-order valence-electron chi connectivity index (χ3n) is 1.67. The minimum absolute atomic E-state index is 0.102. The number of carbonyl (C=O) groups excluding carboxylic acids is 1. The molecule has 1 rings (SSSR count). The lowest BCUT2D eigenvalue weighted by Gasteiger charge is -2.04. The normalized spacial score (nSPS) is 8.78. The van der Waals surface area contributed by atoms with Crippen LogP contribution in [-0.4, -0.2) is 30.3 Å². The molecule has 0 aliphatic rings. The number of aliphatic carboxylic acids is 1. The Labute approximate surface area is 105 Å². The Morgan fingerprint density at radius 1 is 1.22 bits per heavy atom. The molecule has 1 aromatic carbocycles. The topological polar surface area (TPSA) is 98.9 Å². The Balaban J connectivity index is 0.000000331. The van der Waals surface area contributed by atoms with E-state index in [1.807, 2.05) is 31.2 Å². The van der Waals surface area contributed by atoms with Gasteiger partial charge in [0, 0.05) is 0 Å². The number of rotatable bonds is 3. The smallest absolute Gasteiger partial charge is 0.417 e. The first kappa shape index (κ1) is 15.8. The van der Waals surface area contributed by atoms with E-state index in [4.69, 9.17) is 15.6 Å². The van der Waals surface area contributed by atoms with Crippen molar-refractivity contribution in [3.05, 3.63) is 24.3 Å². The van der Waals surface area contributed by atoms with Crippen LogP contribution >= 0.6 is 0 Å². The molecule has 100 valence electrons. The van der Waals surface area contributed by atoms with Gasteiger partial charge in [-0.25, -0.2) is 9.59 Å². The molecule has 0 atom stereocenters. The van der Waals surface area contributed by atoms with Crippen molar-refractivity contribution in [3.8, 4) is 5.75 Å². The van der Waals surface area contributed by atoms with E-state index in [9.17, 15) is 9.59 Å². The fourth-order valence-corrected chi connectivity index (χ4v) is 0.960. The molecule has 6 heteroatoms. The summed E-state index contributed by atoms with van der Waals surface area (Å²) in [6.45, 7) is 4.24. The molecule has 0 amide bonds. The summed E-state index contributed by atoms with van der Waals surface area (Å²) in [5, 5.41) is 7.84. The van der Waals surface area contributed by atoms with Crippen molar-refractivity contribution in [2.24, 2.45) is 0 Å². The minimum Gasteiger partial charge on any atom is -0.492 e. The third-order valence-corrected chi connectivity index (χ3v) is 1.67. The summed E-state index contributed by atoms with van der Waals surface area (Å²) in [7, 11) is 0. The van der Waals surface area contributed by atoms with Gasteiger partial charge in [-0.1, -0.05) is 12.1 Å². The minimum atomic E-state index is -1.55. The first-order valence-corrected chi connectivity index (χ1v) is 5.40. The van der Waals surface area contributed by atoms with Crippen molar-refractivity contribution >= 4 is 17.6 Å². The highest BCUT2D eigenvalue weighted by atomic mass is 16.6. The quantitative estimate of drug-likeness (QED) is 0.480. The predicted octanol–water partition coefficient (Wildman–Crippen LogP) is 1.30. The number of esters is 1. The lowest BCUT2D eigenvalue weighted by molar-refractivity contribution is -0.163. The molecule has 0 bridgehead atoms. The van der Waals surface area contributed by atoms with E-state index >= 15 is 0 Å². The van der Waals surface area contributed by atoms with Crippen molar-refractivity contribution in [1.82, 2.24) is 0 Å². The number of carboxylic acid groups (broad SMARTS) is 1. The molecule has 1 aromatic rings. The van der Waals surface area contributed by atoms with Gasteiger partial charge in [0.1, 0.15) is 5.75 Å². The Morgan fingerprint density at radius 2 is 1.83 bits per heavy atom. The van der Waals surface area contributed by atoms with Crippen LogP contribution in [0.2, 0.25) is 0 Å². The highest BCUT2D eigenvalue weighted by Gasteiger charge is 2.09. The third kappa shape index (κ3) is 6.37. The fourth-order valence-electron chi connectivity index (χ4n) is 0.960. The van der Waals surface area contributed by atoms with Gasteiger partial charge in [0.2, 0.25) is 0 Å². The summed E-state index contributed by atoms with van der Waals surface area (Å²) >= 11 is 0. The van der Waals surface area contributed by atoms with Gasteiger partial charge in [0.05, 0.1) is 18.9 Å². The second-order valence-corrected chi connectivity index (χ2v) is 3.00. The first-order valence-electron chi connectivity index (χ1n) is 5.40. The lowest BCUT2D eigenvalue weighted by Crippen LogP contribution is -2.15. The molecular formula is C12H17NO5. The summed E-state index contributed by atoms with van der Waals surface area (Å²) < 4.78 is 9.28. The van der Waals surface area contributed by atoms with E-state index in [1.165, 1.54) is 0 Å². The van der Waals surface area contributed by atoms with Gasteiger partial charge >= 0.3 is 11.9 Å². The number of ether oxygens (including phenoxy) is 2. The number of anilines is 1. The van der Waals surface area contributed by atoms with Crippen LogP contribution in [0, 0.1) is 0 Å². The van der Waals surface area contributed by atoms with Gasteiger partial charge in [0.25, 0.3) is 0 Å². The number of hydrogen-bond donors (Lipinski definition) is 2. The Morgan fingerprint density at radius 3 is 2.22 bits per heavy atom. The lowest BCUT2D eigenvalue weighted by atomic mass is 10.3. The number of benzene rings is 1. The van der Waals surface area contributed by atoms with E-state index in [-0.39, 0.29) is 6.61 Å². The maximum absolute atomic E-state index is 9.92. The van der Waals surface area contributed by atoms with E-state index in [0.717, 1.165) is 5.75 Å². The number of carboxylic acids is 1. The van der Waals surface area contributed by atoms with E-state index in [1.54, 1.807) is 6.92 Å². The van der Waals surface area contributed by atoms with Crippen molar-refractivity contribution in [3.63, 3.8) is 0 Å². The number of nitrogen functional groups attached to an aromatic ring is 1. The van der Waals surface area contributed by atoms with Crippen LogP contribution in [-0.2, 0) is 14.3 Å². The zero-order valence-electron chi connectivity index (χ0n) is 10.4. The molecule has 18 heavy (non-hydrogen) atoms. The summed E-state index contributed by atoms with van der Waals surface area (Å²) in [6.07, 6.45) is 0. The molecule has 0 heterocycles. The highest BCUT2D eigenvalue weighted by Crippen LogP contribution is 2.18. The monoisotopic (exact) mass is 255 g/mol. The molecule has 3 N–H and O–H groups in total. The Bertz CT molecular complexity index is 392. The van der Waals surface area contributed by atoms with Crippen LogP contribution < -0.4 is 10.5 Å². The molecule has 0 radical (unpaired) electrons. The molecule has 0 aliphatic carbocycles. The zero-order chi connectivity index (χ0) is 14.0. The van der Waals surface area contributed by atoms with Crippen molar-refractivity contribution in [2.75, 3.05) is 18.9 Å². The van der Waals surface area contributed by atoms with E-state index in [0.29, 0.717) is 12.3 Å². The van der Waals surface area contributed by atoms with Gasteiger partial charge < -0.3 is 20.3 Å². The first-order chi connectivity index (χ1) is 8.52. The molecule has 0 spiro atoms. The van der Waals surface area contributed by atoms with Gasteiger partial charge in [0.15, 0.2) is 0 Å². The molecule has 0 aromatic heterocycles. The van der Waals surface area contributed by atoms with E-state index < -0.39 is 11.9 Å². The molecule has 6 nitrogen and oxygen atoms in total. The maximum atomic E-state index is 9.92. The van der Waals surface area contributed by atoms with Crippen molar-refractivity contribution in [1.29, 1.82) is 0 Å². The van der Waals surface area contributed by atoms with Crippen LogP contribution in [0.1, 0.15) is 13.8 Å². The molecule has 0 saturated carbocycles. The summed E-state index contributed by atoms with van der Waals surface area (Å²) in [6, 6.07) is 7.48. The van der Waals surface area contributed by atoms with Gasteiger partial charge in [-0.15, -0.1) is 0 Å². The Hall–Kier alpha value is -2.24. The molecule has 0 unspecified atom stereocenters. The van der Waals surface area contributed by atoms with Crippen molar-refractivity contribution < 1.29 is 24.2 Å². The molecular weight excluding hydrogens is 238 g/mol. The molecule has 0 saturated heterocycles. The number of nitrogens with two attached hydrogens (primary N) is 1. The van der Waals surface area contributed by atoms with Crippen LogP contribution in [0.25, 0.3) is 0 Å². The second-order valence-electron chi connectivity index (χ2n) is 3.00. The average molecular weight is 255 g/mol. The SMILES string of the molecule is CCOC(=O)C(=O)O.CCOc1ccccc1N. The summed E-state index contributed by atoms with van der Waals surface area (Å²) in [5.41, 5.74) is 6.28. The maximum Gasteiger partial charge on any atom is 0.417 e. The number of para-hydroxylation sites is 2. The summed E-state index contributed by atoms with van der Waals surface area (Å²) in [5.74, 6) is -1.98.